The zero-order valence-corrected chi connectivity index (χ0v) is 17.8. The van der Waals surface area contributed by atoms with Crippen molar-refractivity contribution in [3.63, 3.8) is 0 Å². The van der Waals surface area contributed by atoms with E-state index in [1.165, 1.54) is 30.8 Å². The molecule has 0 fully saturated rings. The number of carbonyl (C=O) groups excluding carboxylic acids is 1. The van der Waals surface area contributed by atoms with Gasteiger partial charge in [-0.05, 0) is 47.4 Å². The summed E-state index contributed by atoms with van der Waals surface area (Å²) < 4.78 is 33.3. The van der Waals surface area contributed by atoms with E-state index in [1.807, 2.05) is 48.7 Å². The summed E-state index contributed by atoms with van der Waals surface area (Å²) in [5.41, 5.74) is 0.472. The summed E-state index contributed by atoms with van der Waals surface area (Å²) >= 11 is 1.43. The van der Waals surface area contributed by atoms with Crippen LogP contribution in [0.15, 0.2) is 70.5 Å². The van der Waals surface area contributed by atoms with Gasteiger partial charge in [0.2, 0.25) is 15.9 Å². The Kier molecular flexibility index (Phi) is 6.79. The van der Waals surface area contributed by atoms with Crippen LogP contribution < -0.4 is 14.8 Å². The van der Waals surface area contributed by atoms with Crippen LogP contribution in [0.25, 0.3) is 10.8 Å². The minimum atomic E-state index is -3.72. The quantitative estimate of drug-likeness (QED) is 0.419. The molecule has 0 aromatic heterocycles. The van der Waals surface area contributed by atoms with Gasteiger partial charge in [-0.15, -0.1) is 11.8 Å². The fourth-order valence-electron chi connectivity index (χ4n) is 2.83. The SMILES string of the molecule is CSc1ccc(S(=O)(=O)NCCOc2ccc3ccccc3c2)cc1NC(C)=O. The molecule has 3 aromatic rings. The first-order valence-electron chi connectivity index (χ1n) is 8.96. The topological polar surface area (TPSA) is 84.5 Å². The van der Waals surface area contributed by atoms with E-state index in [9.17, 15) is 13.2 Å². The highest BCUT2D eigenvalue weighted by molar-refractivity contribution is 7.98. The molecule has 3 aromatic carbocycles. The molecule has 0 radical (unpaired) electrons. The van der Waals surface area contributed by atoms with Crippen LogP contribution in [-0.4, -0.2) is 33.7 Å². The Morgan fingerprint density at radius 1 is 1.03 bits per heavy atom. The summed E-state index contributed by atoms with van der Waals surface area (Å²) in [7, 11) is -3.72. The van der Waals surface area contributed by atoms with Crippen LogP contribution in [0.1, 0.15) is 6.92 Å². The Labute approximate surface area is 174 Å². The van der Waals surface area contributed by atoms with Gasteiger partial charge in [-0.1, -0.05) is 30.3 Å². The summed E-state index contributed by atoms with van der Waals surface area (Å²) in [5, 5.41) is 4.84. The normalized spacial score (nSPS) is 11.4. The van der Waals surface area contributed by atoms with E-state index in [2.05, 4.69) is 10.0 Å². The zero-order valence-electron chi connectivity index (χ0n) is 16.1. The summed E-state index contributed by atoms with van der Waals surface area (Å²) in [4.78, 5) is 12.2. The number of benzene rings is 3. The number of amides is 1. The van der Waals surface area contributed by atoms with Gasteiger partial charge in [0.1, 0.15) is 12.4 Å². The fourth-order valence-corrected chi connectivity index (χ4v) is 4.40. The molecule has 0 bridgehead atoms. The predicted molar refractivity (Wildman–Crippen MR) is 117 cm³/mol. The van der Waals surface area contributed by atoms with E-state index >= 15 is 0 Å². The molecular weight excluding hydrogens is 408 g/mol. The number of carbonyl (C=O) groups is 1. The van der Waals surface area contributed by atoms with Crippen LogP contribution in [-0.2, 0) is 14.8 Å². The largest absolute Gasteiger partial charge is 0.492 e. The molecule has 0 heterocycles. The monoisotopic (exact) mass is 430 g/mol. The van der Waals surface area contributed by atoms with Crippen LogP contribution in [0.4, 0.5) is 5.69 Å². The van der Waals surface area contributed by atoms with Gasteiger partial charge in [0.05, 0.1) is 10.6 Å². The number of hydrogen-bond donors (Lipinski definition) is 2. The first-order chi connectivity index (χ1) is 13.9. The number of hydrogen-bond acceptors (Lipinski definition) is 5. The van der Waals surface area contributed by atoms with Crippen LogP contribution in [0.5, 0.6) is 5.75 Å². The molecule has 0 aliphatic carbocycles. The number of sulfonamides is 1. The summed E-state index contributed by atoms with van der Waals surface area (Å²) in [6.07, 6.45) is 1.86. The second kappa shape index (κ2) is 9.30. The molecular formula is C21H22N2O4S2. The zero-order chi connectivity index (χ0) is 20.9. The number of anilines is 1. The van der Waals surface area contributed by atoms with Gasteiger partial charge in [0, 0.05) is 18.4 Å². The molecule has 152 valence electrons. The van der Waals surface area contributed by atoms with Crippen molar-refractivity contribution in [1.29, 1.82) is 0 Å². The maximum absolute atomic E-state index is 12.6. The minimum absolute atomic E-state index is 0.0877. The lowest BCUT2D eigenvalue weighted by Crippen LogP contribution is -2.28. The third kappa shape index (κ3) is 5.50. The third-order valence-electron chi connectivity index (χ3n) is 4.18. The Morgan fingerprint density at radius 3 is 2.52 bits per heavy atom. The molecule has 29 heavy (non-hydrogen) atoms. The first-order valence-corrected chi connectivity index (χ1v) is 11.7. The Morgan fingerprint density at radius 2 is 1.79 bits per heavy atom. The van der Waals surface area contributed by atoms with E-state index in [4.69, 9.17) is 4.74 Å². The second-order valence-corrected chi connectivity index (χ2v) is 8.91. The number of fused-ring (bicyclic) bond motifs is 1. The van der Waals surface area contributed by atoms with Gasteiger partial charge >= 0.3 is 0 Å². The Bertz CT molecular complexity index is 1130. The Balaban J connectivity index is 1.62. The average molecular weight is 431 g/mol. The van der Waals surface area contributed by atoms with E-state index in [0.29, 0.717) is 11.4 Å². The van der Waals surface area contributed by atoms with Crippen molar-refractivity contribution in [2.45, 2.75) is 16.7 Å². The van der Waals surface area contributed by atoms with Gasteiger partial charge < -0.3 is 10.1 Å². The fraction of sp³-hybridized carbons (Fsp3) is 0.190. The average Bonchev–Trinajstić information content (AvgIpc) is 2.70. The summed E-state index contributed by atoms with van der Waals surface area (Å²) in [6.45, 7) is 1.70. The molecule has 0 saturated heterocycles. The molecule has 0 unspecified atom stereocenters. The molecule has 8 heteroatoms. The molecule has 0 aliphatic rings. The molecule has 0 atom stereocenters. The lowest BCUT2D eigenvalue weighted by atomic mass is 10.1. The van der Waals surface area contributed by atoms with Crippen molar-refractivity contribution in [2.75, 3.05) is 24.7 Å². The van der Waals surface area contributed by atoms with E-state index < -0.39 is 10.0 Å². The molecule has 3 rings (SSSR count). The van der Waals surface area contributed by atoms with Crippen molar-refractivity contribution in [2.24, 2.45) is 0 Å². The molecule has 2 N–H and O–H groups in total. The van der Waals surface area contributed by atoms with Crippen LogP contribution in [0.2, 0.25) is 0 Å². The third-order valence-corrected chi connectivity index (χ3v) is 6.43. The number of nitrogens with one attached hydrogen (secondary N) is 2. The summed E-state index contributed by atoms with van der Waals surface area (Å²) in [6, 6.07) is 18.3. The number of thioether (sulfide) groups is 1. The van der Waals surface area contributed by atoms with E-state index in [-0.39, 0.29) is 24.0 Å². The Hall–Kier alpha value is -2.55. The summed E-state index contributed by atoms with van der Waals surface area (Å²) in [5.74, 6) is 0.423. The van der Waals surface area contributed by atoms with Crippen molar-refractivity contribution >= 4 is 44.2 Å². The van der Waals surface area contributed by atoms with Crippen molar-refractivity contribution in [3.8, 4) is 5.75 Å². The highest BCUT2D eigenvalue weighted by Gasteiger charge is 2.16. The van der Waals surface area contributed by atoms with Crippen molar-refractivity contribution in [3.05, 3.63) is 60.7 Å². The van der Waals surface area contributed by atoms with Gasteiger partial charge in [-0.2, -0.15) is 0 Å². The number of ether oxygens (including phenoxy) is 1. The van der Waals surface area contributed by atoms with Crippen LogP contribution in [0, 0.1) is 0 Å². The lowest BCUT2D eigenvalue weighted by Gasteiger charge is -2.12. The first kappa shape index (κ1) is 21.2. The van der Waals surface area contributed by atoms with E-state index in [1.54, 1.807) is 6.07 Å². The molecule has 0 saturated carbocycles. The molecule has 6 nitrogen and oxygen atoms in total. The maximum Gasteiger partial charge on any atom is 0.240 e. The molecule has 0 aliphatic heterocycles. The van der Waals surface area contributed by atoms with Gasteiger partial charge in [-0.25, -0.2) is 13.1 Å². The predicted octanol–water partition coefficient (Wildman–Crippen LogP) is 3.88. The van der Waals surface area contributed by atoms with Crippen molar-refractivity contribution < 1.29 is 17.9 Å². The van der Waals surface area contributed by atoms with Crippen molar-refractivity contribution in [1.82, 2.24) is 4.72 Å². The van der Waals surface area contributed by atoms with Gasteiger partial charge in [-0.3, -0.25) is 4.79 Å². The standard InChI is InChI=1S/C21H22N2O4S2/c1-15(24)23-20-14-19(9-10-21(20)28-2)29(25,26)22-11-12-27-18-8-7-16-5-3-4-6-17(16)13-18/h3-10,13-14,22H,11-12H2,1-2H3,(H,23,24). The maximum atomic E-state index is 12.6. The number of rotatable bonds is 8. The smallest absolute Gasteiger partial charge is 0.240 e. The second-order valence-electron chi connectivity index (χ2n) is 6.30. The molecule has 1 amide bonds. The van der Waals surface area contributed by atoms with Gasteiger partial charge in [0.25, 0.3) is 0 Å². The van der Waals surface area contributed by atoms with Crippen LogP contribution >= 0.6 is 11.8 Å². The highest BCUT2D eigenvalue weighted by Crippen LogP contribution is 2.28. The van der Waals surface area contributed by atoms with Gasteiger partial charge in [0.15, 0.2) is 0 Å². The van der Waals surface area contributed by atoms with Crippen LogP contribution in [0.3, 0.4) is 0 Å². The minimum Gasteiger partial charge on any atom is -0.492 e. The lowest BCUT2D eigenvalue weighted by molar-refractivity contribution is -0.114. The van der Waals surface area contributed by atoms with E-state index in [0.717, 1.165) is 15.7 Å². The molecule has 0 spiro atoms. The highest BCUT2D eigenvalue weighted by atomic mass is 32.2.